The molecule has 0 atom stereocenters. The summed E-state index contributed by atoms with van der Waals surface area (Å²) in [6.45, 7) is 6.76. The Morgan fingerprint density at radius 2 is 1.93 bits per heavy atom. The predicted octanol–water partition coefficient (Wildman–Crippen LogP) is 2.14. The maximum absolute atomic E-state index is 11.2. The highest BCUT2D eigenvalue weighted by atomic mass is 16.5. The van der Waals surface area contributed by atoms with Crippen LogP contribution in [0, 0.1) is 0 Å². The third-order valence-electron chi connectivity index (χ3n) is 1.74. The number of methoxy groups -OCH3 is 1. The van der Waals surface area contributed by atoms with E-state index in [4.69, 9.17) is 0 Å². The number of benzene rings is 1. The summed E-state index contributed by atoms with van der Waals surface area (Å²) in [7, 11) is 1.32. The molecule has 0 heterocycles. The number of carbonyl (C=O) groups is 1. The van der Waals surface area contributed by atoms with Gasteiger partial charge in [0.25, 0.3) is 0 Å². The fraction of sp³-hybridized carbons (Fsp3) is 0.100. The van der Waals surface area contributed by atoms with Crippen molar-refractivity contribution in [2.75, 3.05) is 7.11 Å². The molecule has 0 aromatic heterocycles. The third-order valence-corrected chi connectivity index (χ3v) is 1.74. The van der Waals surface area contributed by atoms with Crippen LogP contribution >= 0.6 is 0 Å². The molecule has 0 amide bonds. The van der Waals surface area contributed by atoms with E-state index < -0.39 is 5.97 Å². The van der Waals surface area contributed by atoms with Gasteiger partial charge in [0.15, 0.2) is 0 Å². The second kappa shape index (κ2) is 4.32. The minimum Gasteiger partial charge on any atom is -0.465 e. The summed E-state index contributed by atoms with van der Waals surface area (Å²) in [6, 6.07) is 4.80. The second-order valence-corrected chi connectivity index (χ2v) is 2.51. The van der Waals surface area contributed by atoms with E-state index in [0.29, 0.717) is 16.9 Å². The SMILES string of the molecule is C=Nc1ccc(C(=O)OC)cc1N=C. The summed E-state index contributed by atoms with van der Waals surface area (Å²) in [4.78, 5) is 18.6. The van der Waals surface area contributed by atoms with E-state index in [1.165, 1.54) is 7.11 Å². The normalized spacial score (nSPS) is 9.21. The van der Waals surface area contributed by atoms with Crippen molar-refractivity contribution in [3.8, 4) is 0 Å². The van der Waals surface area contributed by atoms with Crippen molar-refractivity contribution in [3.05, 3.63) is 23.8 Å². The molecule has 0 fully saturated rings. The molecule has 0 aliphatic carbocycles. The Balaban J connectivity index is 3.20. The molecule has 0 N–H and O–H groups in total. The lowest BCUT2D eigenvalue weighted by atomic mass is 10.2. The molecule has 0 unspecified atom stereocenters. The van der Waals surface area contributed by atoms with Crippen molar-refractivity contribution in [2.24, 2.45) is 9.98 Å². The number of ether oxygens (including phenoxy) is 1. The molecule has 1 aromatic rings. The number of nitrogens with zero attached hydrogens (tertiary/aromatic N) is 2. The lowest BCUT2D eigenvalue weighted by Crippen LogP contribution is -2.00. The smallest absolute Gasteiger partial charge is 0.337 e. The summed E-state index contributed by atoms with van der Waals surface area (Å²) >= 11 is 0. The molecule has 0 bridgehead atoms. The van der Waals surface area contributed by atoms with E-state index in [1.807, 2.05) is 0 Å². The Morgan fingerprint density at radius 3 is 2.43 bits per heavy atom. The molecular weight excluding hydrogens is 180 g/mol. The van der Waals surface area contributed by atoms with Crippen molar-refractivity contribution in [1.82, 2.24) is 0 Å². The number of carbonyl (C=O) groups excluding carboxylic acids is 1. The topological polar surface area (TPSA) is 51.0 Å². The van der Waals surface area contributed by atoms with Crippen molar-refractivity contribution in [3.63, 3.8) is 0 Å². The maximum atomic E-state index is 11.2. The van der Waals surface area contributed by atoms with Crippen LogP contribution in [0.5, 0.6) is 0 Å². The summed E-state index contributed by atoms with van der Waals surface area (Å²) in [5, 5.41) is 0. The number of esters is 1. The van der Waals surface area contributed by atoms with Gasteiger partial charge in [0, 0.05) is 0 Å². The Kier molecular flexibility index (Phi) is 3.12. The summed E-state index contributed by atoms with van der Waals surface area (Å²) in [6.07, 6.45) is 0. The van der Waals surface area contributed by atoms with E-state index in [-0.39, 0.29) is 0 Å². The van der Waals surface area contributed by atoms with Crippen molar-refractivity contribution in [2.45, 2.75) is 0 Å². The van der Waals surface area contributed by atoms with Gasteiger partial charge in [-0.3, -0.25) is 9.98 Å². The molecule has 0 aliphatic rings. The van der Waals surface area contributed by atoms with Crippen LogP contribution in [0.2, 0.25) is 0 Å². The highest BCUT2D eigenvalue weighted by Crippen LogP contribution is 2.28. The van der Waals surface area contributed by atoms with Gasteiger partial charge in [-0.15, -0.1) is 0 Å². The van der Waals surface area contributed by atoms with E-state index in [9.17, 15) is 4.79 Å². The molecule has 1 rings (SSSR count). The number of hydrogen-bond acceptors (Lipinski definition) is 4. The van der Waals surface area contributed by atoms with E-state index in [2.05, 4.69) is 28.2 Å². The standard InChI is InChI=1S/C10H10N2O2/c1-11-8-5-4-7(10(13)14-3)6-9(8)12-2/h4-6H,1-2H2,3H3. The first-order valence-electron chi connectivity index (χ1n) is 3.88. The van der Waals surface area contributed by atoms with Crippen LogP contribution in [0.25, 0.3) is 0 Å². The van der Waals surface area contributed by atoms with E-state index >= 15 is 0 Å². The lowest BCUT2D eigenvalue weighted by molar-refractivity contribution is 0.0601. The number of hydrogen-bond donors (Lipinski definition) is 0. The Labute approximate surface area is 82.0 Å². The van der Waals surface area contributed by atoms with Crippen molar-refractivity contribution in [1.29, 1.82) is 0 Å². The predicted molar refractivity (Wildman–Crippen MR) is 56.2 cm³/mol. The Morgan fingerprint density at radius 1 is 1.29 bits per heavy atom. The largest absolute Gasteiger partial charge is 0.465 e. The highest BCUT2D eigenvalue weighted by Gasteiger charge is 2.07. The van der Waals surface area contributed by atoms with Gasteiger partial charge in [0.05, 0.1) is 24.0 Å². The fourth-order valence-corrected chi connectivity index (χ4v) is 1.03. The number of aliphatic imine (C=N–C) groups is 2. The number of rotatable bonds is 3. The molecule has 72 valence electrons. The first-order valence-corrected chi connectivity index (χ1v) is 3.88. The van der Waals surface area contributed by atoms with Crippen LogP contribution < -0.4 is 0 Å². The highest BCUT2D eigenvalue weighted by molar-refractivity contribution is 5.91. The van der Waals surface area contributed by atoms with Gasteiger partial charge < -0.3 is 4.74 Å². The van der Waals surface area contributed by atoms with Crippen LogP contribution in [0.3, 0.4) is 0 Å². The molecular formula is C10H10N2O2. The minimum atomic E-state index is -0.412. The molecule has 14 heavy (non-hydrogen) atoms. The maximum Gasteiger partial charge on any atom is 0.337 e. The first-order chi connectivity index (χ1) is 6.72. The third kappa shape index (κ3) is 1.85. The molecule has 0 saturated carbocycles. The molecule has 4 heteroatoms. The minimum absolute atomic E-state index is 0.412. The molecule has 0 saturated heterocycles. The van der Waals surface area contributed by atoms with Crippen LogP contribution in [0.4, 0.5) is 11.4 Å². The van der Waals surface area contributed by atoms with Crippen molar-refractivity contribution >= 4 is 30.8 Å². The van der Waals surface area contributed by atoms with Gasteiger partial charge in [0.1, 0.15) is 0 Å². The van der Waals surface area contributed by atoms with Gasteiger partial charge in [-0.05, 0) is 31.6 Å². The lowest BCUT2D eigenvalue weighted by Gasteiger charge is -2.02. The van der Waals surface area contributed by atoms with Gasteiger partial charge >= 0.3 is 5.97 Å². The monoisotopic (exact) mass is 190 g/mol. The van der Waals surface area contributed by atoms with Crippen molar-refractivity contribution < 1.29 is 9.53 Å². The molecule has 0 spiro atoms. The zero-order valence-corrected chi connectivity index (χ0v) is 7.86. The van der Waals surface area contributed by atoms with Gasteiger partial charge in [-0.25, -0.2) is 4.79 Å². The van der Waals surface area contributed by atoms with Gasteiger partial charge in [0.2, 0.25) is 0 Å². The fourth-order valence-electron chi connectivity index (χ4n) is 1.03. The summed E-state index contributed by atoms with van der Waals surface area (Å²) in [5.41, 5.74) is 1.53. The Bertz CT molecular complexity index is 386. The van der Waals surface area contributed by atoms with Gasteiger partial charge in [-0.2, -0.15) is 0 Å². The van der Waals surface area contributed by atoms with Crippen LogP contribution in [0.15, 0.2) is 28.2 Å². The zero-order chi connectivity index (χ0) is 10.6. The average Bonchev–Trinajstić information content (AvgIpc) is 2.26. The van der Waals surface area contributed by atoms with Crippen LogP contribution in [-0.4, -0.2) is 26.5 Å². The van der Waals surface area contributed by atoms with Crippen LogP contribution in [-0.2, 0) is 4.74 Å². The zero-order valence-electron chi connectivity index (χ0n) is 7.86. The van der Waals surface area contributed by atoms with E-state index in [0.717, 1.165) is 0 Å². The van der Waals surface area contributed by atoms with E-state index in [1.54, 1.807) is 18.2 Å². The van der Waals surface area contributed by atoms with Gasteiger partial charge in [-0.1, -0.05) is 0 Å². The summed E-state index contributed by atoms with van der Waals surface area (Å²) in [5.74, 6) is -0.412. The summed E-state index contributed by atoms with van der Waals surface area (Å²) < 4.78 is 4.56. The quantitative estimate of drug-likeness (QED) is 0.541. The molecule has 1 aromatic carbocycles. The molecule has 0 radical (unpaired) electrons. The second-order valence-electron chi connectivity index (χ2n) is 2.51. The van der Waals surface area contributed by atoms with Crippen LogP contribution in [0.1, 0.15) is 10.4 Å². The Hall–Kier alpha value is -1.97. The average molecular weight is 190 g/mol. The molecule has 0 aliphatic heterocycles. The molecule has 4 nitrogen and oxygen atoms in total. The first kappa shape index (κ1) is 10.1.